The van der Waals surface area contributed by atoms with E-state index in [-0.39, 0.29) is 12.1 Å². The Kier molecular flexibility index (Phi) is 5.13. The molecule has 3 rings (SSSR count). The standard InChI is InChI=1S/C17H28N4O2S/c1-13-5-4-6-17(18-13)21-11-9-16(10-12-21)19-24(22,23)20(3)14(2)15-7-8-15/h4-6,14-16,19H,7-12H2,1-3H3. The van der Waals surface area contributed by atoms with Gasteiger partial charge in [-0.05, 0) is 57.6 Å². The first-order valence-electron chi connectivity index (χ1n) is 8.81. The van der Waals surface area contributed by atoms with Gasteiger partial charge in [-0.25, -0.2) is 4.98 Å². The maximum Gasteiger partial charge on any atom is 0.279 e. The Morgan fingerprint density at radius 3 is 2.50 bits per heavy atom. The number of rotatable bonds is 6. The number of aromatic nitrogens is 1. The zero-order chi connectivity index (χ0) is 17.3. The van der Waals surface area contributed by atoms with Gasteiger partial charge >= 0.3 is 0 Å². The summed E-state index contributed by atoms with van der Waals surface area (Å²) >= 11 is 0. The minimum Gasteiger partial charge on any atom is -0.356 e. The summed E-state index contributed by atoms with van der Waals surface area (Å²) in [4.78, 5) is 6.78. The smallest absolute Gasteiger partial charge is 0.279 e. The molecule has 0 amide bonds. The van der Waals surface area contributed by atoms with Crippen molar-refractivity contribution >= 4 is 16.0 Å². The number of piperidine rings is 1. The molecule has 1 N–H and O–H groups in total. The molecule has 2 heterocycles. The molecule has 0 radical (unpaired) electrons. The van der Waals surface area contributed by atoms with Crippen molar-refractivity contribution < 1.29 is 8.42 Å². The van der Waals surface area contributed by atoms with Crippen LogP contribution in [0.4, 0.5) is 5.82 Å². The predicted molar refractivity (Wildman–Crippen MR) is 96.2 cm³/mol. The molecule has 1 aromatic heterocycles. The Morgan fingerprint density at radius 1 is 1.25 bits per heavy atom. The third-order valence-corrected chi connectivity index (χ3v) is 6.99. The molecule has 2 fully saturated rings. The van der Waals surface area contributed by atoms with Crippen LogP contribution in [0.15, 0.2) is 18.2 Å². The van der Waals surface area contributed by atoms with Crippen LogP contribution in [-0.4, -0.2) is 49.9 Å². The fraction of sp³-hybridized carbons (Fsp3) is 0.706. The van der Waals surface area contributed by atoms with Gasteiger partial charge in [0.25, 0.3) is 10.2 Å². The van der Waals surface area contributed by atoms with Gasteiger partial charge in [0, 0.05) is 37.9 Å². The average molecular weight is 353 g/mol. The van der Waals surface area contributed by atoms with E-state index >= 15 is 0 Å². The Balaban J connectivity index is 1.54. The molecule has 1 saturated heterocycles. The van der Waals surface area contributed by atoms with Crippen molar-refractivity contribution in [1.82, 2.24) is 14.0 Å². The molecule has 7 heteroatoms. The normalized spacial score (nSPS) is 21.2. The lowest BCUT2D eigenvalue weighted by atomic mass is 10.1. The summed E-state index contributed by atoms with van der Waals surface area (Å²) in [6.45, 7) is 5.64. The molecule has 1 aromatic rings. The summed E-state index contributed by atoms with van der Waals surface area (Å²) in [5.41, 5.74) is 1.01. The van der Waals surface area contributed by atoms with Crippen LogP contribution in [0.3, 0.4) is 0 Å². The van der Waals surface area contributed by atoms with E-state index in [1.165, 1.54) is 4.31 Å². The molecule has 1 aliphatic heterocycles. The van der Waals surface area contributed by atoms with Crippen molar-refractivity contribution in [3.05, 3.63) is 23.9 Å². The van der Waals surface area contributed by atoms with Crippen molar-refractivity contribution in [2.45, 2.75) is 51.6 Å². The quantitative estimate of drug-likeness (QED) is 0.849. The number of nitrogens with one attached hydrogen (secondary N) is 1. The Morgan fingerprint density at radius 2 is 1.92 bits per heavy atom. The maximum absolute atomic E-state index is 12.6. The van der Waals surface area contributed by atoms with Gasteiger partial charge in [-0.1, -0.05) is 6.07 Å². The van der Waals surface area contributed by atoms with Crippen LogP contribution in [0.25, 0.3) is 0 Å². The van der Waals surface area contributed by atoms with Crippen molar-refractivity contribution in [3.63, 3.8) is 0 Å². The third kappa shape index (κ3) is 4.07. The minimum absolute atomic E-state index is 0.00455. The zero-order valence-electron chi connectivity index (χ0n) is 14.8. The first kappa shape index (κ1) is 17.6. The molecule has 1 atom stereocenters. The maximum atomic E-state index is 12.6. The molecule has 1 aliphatic carbocycles. The molecule has 24 heavy (non-hydrogen) atoms. The highest BCUT2D eigenvalue weighted by Gasteiger charge is 2.36. The molecule has 0 spiro atoms. The molecule has 1 unspecified atom stereocenters. The largest absolute Gasteiger partial charge is 0.356 e. The highest BCUT2D eigenvalue weighted by molar-refractivity contribution is 7.87. The van der Waals surface area contributed by atoms with Crippen LogP contribution in [0.1, 0.15) is 38.3 Å². The SMILES string of the molecule is Cc1cccc(N2CCC(NS(=O)(=O)N(C)C(C)C3CC3)CC2)n1. The molecule has 0 aromatic carbocycles. The van der Waals surface area contributed by atoms with E-state index in [1.807, 2.05) is 32.0 Å². The second-order valence-electron chi connectivity index (χ2n) is 7.12. The molecule has 0 bridgehead atoms. The monoisotopic (exact) mass is 352 g/mol. The lowest BCUT2D eigenvalue weighted by molar-refractivity contribution is 0.342. The molecule has 2 aliphatic rings. The van der Waals surface area contributed by atoms with Crippen LogP contribution in [-0.2, 0) is 10.2 Å². The van der Waals surface area contributed by atoms with Crippen LogP contribution < -0.4 is 9.62 Å². The minimum atomic E-state index is -3.40. The number of hydrogen-bond acceptors (Lipinski definition) is 4. The number of hydrogen-bond donors (Lipinski definition) is 1. The van der Waals surface area contributed by atoms with Gasteiger partial charge in [0.05, 0.1) is 0 Å². The van der Waals surface area contributed by atoms with E-state index in [2.05, 4.69) is 14.6 Å². The van der Waals surface area contributed by atoms with Crippen molar-refractivity contribution in [2.75, 3.05) is 25.0 Å². The number of aryl methyl sites for hydroxylation is 1. The average Bonchev–Trinajstić information content (AvgIpc) is 3.39. The molecular weight excluding hydrogens is 324 g/mol. The van der Waals surface area contributed by atoms with E-state index in [9.17, 15) is 8.42 Å². The van der Waals surface area contributed by atoms with Gasteiger partial charge in [-0.15, -0.1) is 0 Å². The summed E-state index contributed by atoms with van der Waals surface area (Å²) in [7, 11) is -1.71. The van der Waals surface area contributed by atoms with Crippen LogP contribution in [0.5, 0.6) is 0 Å². The second kappa shape index (κ2) is 6.98. The van der Waals surface area contributed by atoms with Gasteiger partial charge in [0.15, 0.2) is 0 Å². The molecule has 6 nitrogen and oxygen atoms in total. The summed E-state index contributed by atoms with van der Waals surface area (Å²) in [5.74, 6) is 1.51. The Bertz CT molecular complexity index is 667. The lowest BCUT2D eigenvalue weighted by Crippen LogP contribution is -2.51. The summed E-state index contributed by atoms with van der Waals surface area (Å²) in [5, 5.41) is 0. The summed E-state index contributed by atoms with van der Waals surface area (Å²) < 4.78 is 29.5. The van der Waals surface area contributed by atoms with Gasteiger partial charge in [0.1, 0.15) is 5.82 Å². The van der Waals surface area contributed by atoms with Crippen molar-refractivity contribution in [3.8, 4) is 0 Å². The van der Waals surface area contributed by atoms with E-state index in [1.54, 1.807) is 7.05 Å². The summed E-state index contributed by atoms with van der Waals surface area (Å²) in [6.07, 6.45) is 3.90. The van der Waals surface area contributed by atoms with E-state index in [0.29, 0.717) is 5.92 Å². The second-order valence-corrected chi connectivity index (χ2v) is 8.88. The lowest BCUT2D eigenvalue weighted by Gasteiger charge is -2.34. The number of anilines is 1. The topological polar surface area (TPSA) is 65.5 Å². The first-order chi connectivity index (χ1) is 11.4. The summed E-state index contributed by atoms with van der Waals surface area (Å²) in [6, 6.07) is 6.11. The third-order valence-electron chi connectivity index (χ3n) is 5.27. The fourth-order valence-electron chi connectivity index (χ4n) is 3.32. The molecular formula is C17H28N4O2S. The van der Waals surface area contributed by atoms with Gasteiger partial charge in [0.2, 0.25) is 0 Å². The predicted octanol–water partition coefficient (Wildman–Crippen LogP) is 1.92. The Hall–Kier alpha value is -1.18. The first-order valence-corrected chi connectivity index (χ1v) is 10.2. The Labute approximate surface area is 145 Å². The zero-order valence-corrected chi connectivity index (χ0v) is 15.6. The fourth-order valence-corrected chi connectivity index (χ4v) is 4.75. The van der Waals surface area contributed by atoms with Crippen molar-refractivity contribution in [2.24, 2.45) is 5.92 Å². The van der Waals surface area contributed by atoms with Gasteiger partial charge < -0.3 is 4.90 Å². The van der Waals surface area contributed by atoms with E-state index in [4.69, 9.17) is 0 Å². The number of nitrogens with zero attached hydrogens (tertiary/aromatic N) is 3. The molecule has 1 saturated carbocycles. The highest BCUT2D eigenvalue weighted by atomic mass is 32.2. The molecule has 134 valence electrons. The van der Waals surface area contributed by atoms with Crippen molar-refractivity contribution in [1.29, 1.82) is 0 Å². The number of pyridine rings is 1. The van der Waals surface area contributed by atoms with Crippen LogP contribution >= 0.6 is 0 Å². The van der Waals surface area contributed by atoms with Crippen LogP contribution in [0.2, 0.25) is 0 Å². The van der Waals surface area contributed by atoms with Gasteiger partial charge in [-0.2, -0.15) is 17.4 Å². The highest BCUT2D eigenvalue weighted by Crippen LogP contribution is 2.35. The van der Waals surface area contributed by atoms with E-state index < -0.39 is 10.2 Å². The van der Waals surface area contributed by atoms with Gasteiger partial charge in [-0.3, -0.25) is 0 Å². The van der Waals surface area contributed by atoms with Crippen LogP contribution in [0, 0.1) is 12.8 Å². The van der Waals surface area contributed by atoms with E-state index in [0.717, 1.165) is 50.3 Å².